The van der Waals surface area contributed by atoms with E-state index in [9.17, 15) is 9.59 Å². The van der Waals surface area contributed by atoms with Gasteiger partial charge in [0, 0.05) is 5.56 Å². The zero-order valence-electron chi connectivity index (χ0n) is 16.3. The van der Waals surface area contributed by atoms with E-state index in [1.807, 2.05) is 32.9 Å². The van der Waals surface area contributed by atoms with Crippen molar-refractivity contribution in [3.8, 4) is 11.5 Å². The summed E-state index contributed by atoms with van der Waals surface area (Å²) in [6, 6.07) is 10.5. The fraction of sp³-hybridized carbons (Fsp3) is 0.333. The molecule has 0 spiro atoms. The van der Waals surface area contributed by atoms with Crippen LogP contribution in [-0.4, -0.2) is 32.7 Å². The first kappa shape index (κ1) is 20.3. The van der Waals surface area contributed by atoms with E-state index in [4.69, 9.17) is 14.2 Å². The van der Waals surface area contributed by atoms with Gasteiger partial charge in [0.15, 0.2) is 6.61 Å². The Hall–Kier alpha value is -3.02. The highest BCUT2D eigenvalue weighted by Gasteiger charge is 2.17. The molecule has 2 aromatic rings. The summed E-state index contributed by atoms with van der Waals surface area (Å²) >= 11 is 0. The monoisotopic (exact) mass is 371 g/mol. The van der Waals surface area contributed by atoms with Crippen molar-refractivity contribution in [2.75, 3.05) is 20.8 Å². The van der Waals surface area contributed by atoms with Crippen LogP contribution >= 0.6 is 0 Å². The summed E-state index contributed by atoms with van der Waals surface area (Å²) in [6.07, 6.45) is 0. The number of carbonyl (C=O) groups is 2. The molecule has 1 N–H and O–H groups in total. The summed E-state index contributed by atoms with van der Waals surface area (Å²) in [5, 5.41) is 2.80. The molecule has 0 heterocycles. The van der Waals surface area contributed by atoms with Gasteiger partial charge in [0.05, 0.1) is 25.8 Å². The number of hydrogen-bond acceptors (Lipinski definition) is 5. The molecule has 0 saturated carbocycles. The lowest BCUT2D eigenvalue weighted by Gasteiger charge is -2.18. The Labute approximate surface area is 159 Å². The SMILES string of the molecule is COc1ccc(OC)c([C@H](C)NC(=O)COC(=O)c2cc(C)ccc2C)c1. The van der Waals surface area contributed by atoms with E-state index in [2.05, 4.69) is 5.32 Å². The van der Waals surface area contributed by atoms with E-state index < -0.39 is 11.9 Å². The molecule has 0 aliphatic carbocycles. The smallest absolute Gasteiger partial charge is 0.338 e. The first-order valence-corrected chi connectivity index (χ1v) is 8.61. The van der Waals surface area contributed by atoms with Crippen molar-refractivity contribution in [2.24, 2.45) is 0 Å². The molecular weight excluding hydrogens is 346 g/mol. The summed E-state index contributed by atoms with van der Waals surface area (Å²) in [5.74, 6) is 0.383. The lowest BCUT2D eigenvalue weighted by atomic mass is 10.1. The van der Waals surface area contributed by atoms with Crippen molar-refractivity contribution in [3.63, 3.8) is 0 Å². The van der Waals surface area contributed by atoms with Gasteiger partial charge in [-0.2, -0.15) is 0 Å². The third kappa shape index (κ3) is 5.23. The zero-order chi connectivity index (χ0) is 20.0. The molecule has 2 rings (SSSR count). The van der Waals surface area contributed by atoms with Gasteiger partial charge in [-0.15, -0.1) is 0 Å². The number of rotatable bonds is 7. The van der Waals surface area contributed by atoms with Crippen LogP contribution in [0, 0.1) is 13.8 Å². The second-order valence-electron chi connectivity index (χ2n) is 6.29. The number of ether oxygens (including phenoxy) is 3. The number of carbonyl (C=O) groups excluding carboxylic acids is 2. The van der Waals surface area contributed by atoms with E-state index in [-0.39, 0.29) is 12.6 Å². The molecule has 6 heteroatoms. The van der Waals surface area contributed by atoms with Crippen LogP contribution in [0.5, 0.6) is 11.5 Å². The van der Waals surface area contributed by atoms with Crippen molar-refractivity contribution < 1.29 is 23.8 Å². The van der Waals surface area contributed by atoms with Gasteiger partial charge in [0.2, 0.25) is 0 Å². The standard InChI is InChI=1S/C21H25NO5/c1-13-6-7-14(2)17(10-13)21(24)27-12-20(23)22-15(3)18-11-16(25-4)8-9-19(18)26-5/h6-11,15H,12H2,1-5H3,(H,22,23)/t15-/m0/s1. The molecule has 27 heavy (non-hydrogen) atoms. The van der Waals surface area contributed by atoms with Crippen molar-refractivity contribution in [3.05, 3.63) is 58.7 Å². The van der Waals surface area contributed by atoms with Gasteiger partial charge in [-0.3, -0.25) is 4.79 Å². The Balaban J connectivity index is 1.99. The topological polar surface area (TPSA) is 73.9 Å². The summed E-state index contributed by atoms with van der Waals surface area (Å²) in [7, 11) is 3.13. The number of esters is 1. The third-order valence-electron chi connectivity index (χ3n) is 4.23. The highest BCUT2D eigenvalue weighted by Crippen LogP contribution is 2.29. The van der Waals surface area contributed by atoms with Crippen LogP contribution in [-0.2, 0) is 9.53 Å². The number of amides is 1. The van der Waals surface area contributed by atoms with Crippen molar-refractivity contribution in [1.29, 1.82) is 0 Å². The molecule has 0 radical (unpaired) electrons. The summed E-state index contributed by atoms with van der Waals surface area (Å²) < 4.78 is 15.7. The van der Waals surface area contributed by atoms with E-state index >= 15 is 0 Å². The van der Waals surface area contributed by atoms with Gasteiger partial charge in [-0.25, -0.2) is 4.79 Å². The number of aryl methyl sites for hydroxylation is 2. The predicted octanol–water partition coefficient (Wildman–Crippen LogP) is 3.35. The average molecular weight is 371 g/mol. The van der Waals surface area contributed by atoms with Crippen LogP contribution in [0.2, 0.25) is 0 Å². The molecule has 144 valence electrons. The first-order chi connectivity index (χ1) is 12.8. The van der Waals surface area contributed by atoms with Crippen molar-refractivity contribution in [2.45, 2.75) is 26.8 Å². The van der Waals surface area contributed by atoms with Crippen LogP contribution < -0.4 is 14.8 Å². The van der Waals surface area contributed by atoms with E-state index in [1.165, 1.54) is 0 Å². The quantitative estimate of drug-likeness (QED) is 0.756. The number of methoxy groups -OCH3 is 2. The minimum absolute atomic E-state index is 0.345. The molecule has 2 aromatic carbocycles. The Bertz CT molecular complexity index is 831. The van der Waals surface area contributed by atoms with Gasteiger partial charge in [-0.05, 0) is 50.6 Å². The fourth-order valence-electron chi connectivity index (χ4n) is 2.70. The fourth-order valence-corrected chi connectivity index (χ4v) is 2.70. The van der Waals surface area contributed by atoms with Crippen LogP contribution in [0.15, 0.2) is 36.4 Å². The minimum atomic E-state index is -0.516. The molecule has 0 fully saturated rings. The summed E-state index contributed by atoms with van der Waals surface area (Å²) in [5.41, 5.74) is 2.99. The molecule has 0 bridgehead atoms. The lowest BCUT2D eigenvalue weighted by molar-refractivity contribution is -0.124. The van der Waals surface area contributed by atoms with Gasteiger partial charge in [0.1, 0.15) is 11.5 Å². The van der Waals surface area contributed by atoms with Crippen LogP contribution in [0.1, 0.15) is 40.0 Å². The molecule has 0 aliphatic rings. The number of hydrogen-bond donors (Lipinski definition) is 1. The molecule has 6 nitrogen and oxygen atoms in total. The normalized spacial score (nSPS) is 11.4. The number of benzene rings is 2. The van der Waals surface area contributed by atoms with Gasteiger partial charge in [0.25, 0.3) is 5.91 Å². The Morgan fingerprint density at radius 1 is 1.04 bits per heavy atom. The van der Waals surface area contributed by atoms with Crippen molar-refractivity contribution >= 4 is 11.9 Å². The summed E-state index contributed by atoms with van der Waals surface area (Å²) in [6.45, 7) is 5.18. The van der Waals surface area contributed by atoms with Gasteiger partial charge in [-0.1, -0.05) is 17.7 Å². The molecule has 0 unspecified atom stereocenters. The Morgan fingerprint density at radius 3 is 2.44 bits per heavy atom. The molecular formula is C21H25NO5. The maximum Gasteiger partial charge on any atom is 0.338 e. The highest BCUT2D eigenvalue weighted by molar-refractivity contribution is 5.92. The second kappa shape index (κ2) is 9.07. The average Bonchev–Trinajstić information content (AvgIpc) is 2.67. The molecule has 0 aliphatic heterocycles. The Morgan fingerprint density at radius 2 is 1.78 bits per heavy atom. The van der Waals surface area contributed by atoms with E-state index in [0.29, 0.717) is 17.1 Å². The molecule has 1 amide bonds. The van der Waals surface area contributed by atoms with Crippen LogP contribution in [0.4, 0.5) is 0 Å². The molecule has 0 saturated heterocycles. The van der Waals surface area contributed by atoms with Crippen molar-refractivity contribution in [1.82, 2.24) is 5.32 Å². The largest absolute Gasteiger partial charge is 0.497 e. The van der Waals surface area contributed by atoms with Crippen LogP contribution in [0.3, 0.4) is 0 Å². The predicted molar refractivity (Wildman–Crippen MR) is 102 cm³/mol. The molecule has 1 atom stereocenters. The van der Waals surface area contributed by atoms with E-state index in [0.717, 1.165) is 16.7 Å². The van der Waals surface area contributed by atoms with Gasteiger partial charge >= 0.3 is 5.97 Å². The zero-order valence-corrected chi connectivity index (χ0v) is 16.3. The second-order valence-corrected chi connectivity index (χ2v) is 6.29. The first-order valence-electron chi connectivity index (χ1n) is 8.61. The Kier molecular flexibility index (Phi) is 6.82. The third-order valence-corrected chi connectivity index (χ3v) is 4.23. The maximum atomic E-state index is 12.2. The van der Waals surface area contributed by atoms with Gasteiger partial charge < -0.3 is 19.5 Å². The molecule has 0 aromatic heterocycles. The lowest BCUT2D eigenvalue weighted by Crippen LogP contribution is -2.31. The van der Waals surface area contributed by atoms with E-state index in [1.54, 1.807) is 38.5 Å². The minimum Gasteiger partial charge on any atom is -0.497 e. The number of nitrogens with one attached hydrogen (secondary N) is 1. The maximum absolute atomic E-state index is 12.2. The van der Waals surface area contributed by atoms with Crippen LogP contribution in [0.25, 0.3) is 0 Å². The summed E-state index contributed by atoms with van der Waals surface area (Å²) in [4.78, 5) is 24.4. The highest BCUT2D eigenvalue weighted by atomic mass is 16.5.